The van der Waals surface area contributed by atoms with Crippen LogP contribution in [0.1, 0.15) is 119 Å². The second-order valence-corrected chi connectivity index (χ2v) is 15.5. The van der Waals surface area contributed by atoms with Crippen LogP contribution < -0.4 is 0 Å². The smallest absolute Gasteiger partial charge is 0.309 e. The average molecular weight is 459 g/mol. The van der Waals surface area contributed by atoms with Crippen LogP contribution in [0.5, 0.6) is 0 Å². The van der Waals surface area contributed by atoms with E-state index in [1.165, 1.54) is 25.7 Å². The van der Waals surface area contributed by atoms with E-state index in [0.717, 1.165) is 44.9 Å². The predicted molar refractivity (Wildman–Crippen MR) is 133 cm³/mol. The molecule has 0 aromatic carbocycles. The van der Waals surface area contributed by atoms with Gasteiger partial charge in [0.05, 0.1) is 11.5 Å². The first kappa shape index (κ1) is 24.1. The van der Waals surface area contributed by atoms with Gasteiger partial charge in [-0.3, -0.25) is 4.79 Å². The molecule has 9 atom stereocenters. The second-order valence-electron chi connectivity index (χ2n) is 15.5. The molecule has 2 N–H and O–H groups in total. The fourth-order valence-electron chi connectivity index (χ4n) is 11.6. The maximum absolute atomic E-state index is 12.8. The molecule has 5 rings (SSSR count). The molecule has 5 aliphatic rings. The number of fused-ring (bicyclic) bond motifs is 7. The summed E-state index contributed by atoms with van der Waals surface area (Å²) >= 11 is 0. The number of carboxylic acids is 1. The van der Waals surface area contributed by atoms with Gasteiger partial charge in [0.2, 0.25) is 0 Å². The van der Waals surface area contributed by atoms with Gasteiger partial charge in [-0.15, -0.1) is 0 Å². The molecular formula is C30H50O3. The molecule has 188 valence electrons. The Morgan fingerprint density at radius 1 is 0.636 bits per heavy atom. The maximum Gasteiger partial charge on any atom is 0.309 e. The van der Waals surface area contributed by atoms with Gasteiger partial charge in [0.1, 0.15) is 0 Å². The summed E-state index contributed by atoms with van der Waals surface area (Å²) in [6.07, 6.45) is 11.8. The van der Waals surface area contributed by atoms with Gasteiger partial charge in [0.15, 0.2) is 0 Å². The molecule has 0 heterocycles. The zero-order valence-corrected chi connectivity index (χ0v) is 22.5. The number of rotatable bonds is 1. The number of hydrogen-bond donors (Lipinski definition) is 2. The van der Waals surface area contributed by atoms with E-state index in [4.69, 9.17) is 0 Å². The Bertz CT molecular complexity index is 830. The van der Waals surface area contributed by atoms with Crippen LogP contribution in [0.25, 0.3) is 0 Å². The Kier molecular flexibility index (Phi) is 5.13. The molecule has 0 aromatic heterocycles. The highest BCUT2D eigenvalue weighted by Crippen LogP contribution is 2.76. The summed E-state index contributed by atoms with van der Waals surface area (Å²) in [7, 11) is 0. The van der Waals surface area contributed by atoms with Crippen LogP contribution in [0.3, 0.4) is 0 Å². The summed E-state index contributed by atoms with van der Waals surface area (Å²) in [6, 6.07) is 0. The van der Waals surface area contributed by atoms with E-state index in [1.807, 2.05) is 0 Å². The number of carboxylic acid groups (broad SMARTS) is 1. The van der Waals surface area contributed by atoms with Crippen molar-refractivity contribution in [3.63, 3.8) is 0 Å². The van der Waals surface area contributed by atoms with E-state index in [-0.39, 0.29) is 22.3 Å². The first-order valence-electron chi connectivity index (χ1n) is 14.1. The lowest BCUT2D eigenvalue weighted by atomic mass is 9.32. The molecule has 0 bridgehead atoms. The van der Waals surface area contributed by atoms with Crippen LogP contribution in [0.2, 0.25) is 0 Å². The highest BCUT2D eigenvalue weighted by Gasteiger charge is 2.70. The maximum atomic E-state index is 12.8. The molecule has 5 saturated carbocycles. The number of carbonyl (C=O) groups is 1. The number of hydrogen-bond acceptors (Lipinski definition) is 2. The van der Waals surface area contributed by atoms with Crippen LogP contribution in [0.4, 0.5) is 0 Å². The molecule has 0 spiro atoms. The molecule has 0 aromatic rings. The quantitative estimate of drug-likeness (QED) is 0.433. The largest absolute Gasteiger partial charge is 0.481 e. The summed E-state index contributed by atoms with van der Waals surface area (Å²) in [4.78, 5) is 12.8. The predicted octanol–water partition coefficient (Wildman–Crippen LogP) is 7.31. The summed E-state index contributed by atoms with van der Waals surface area (Å²) in [5.41, 5.74) is 0.467. The molecule has 3 nitrogen and oxygen atoms in total. The van der Waals surface area contributed by atoms with Gasteiger partial charge in [-0.1, -0.05) is 48.5 Å². The topological polar surface area (TPSA) is 57.5 Å². The molecule has 9 unspecified atom stereocenters. The molecule has 33 heavy (non-hydrogen) atoms. The molecule has 5 aliphatic carbocycles. The van der Waals surface area contributed by atoms with Crippen LogP contribution >= 0.6 is 0 Å². The number of aliphatic hydroxyl groups excluding tert-OH is 1. The van der Waals surface area contributed by atoms with Crippen molar-refractivity contribution in [2.45, 2.75) is 125 Å². The van der Waals surface area contributed by atoms with E-state index in [0.29, 0.717) is 34.5 Å². The van der Waals surface area contributed by atoms with Gasteiger partial charge in [0.25, 0.3) is 0 Å². The van der Waals surface area contributed by atoms with Crippen LogP contribution in [0, 0.1) is 56.2 Å². The summed E-state index contributed by atoms with van der Waals surface area (Å²) in [5.74, 6) is 1.71. The molecule has 3 heteroatoms. The Labute approximate surface area is 202 Å². The molecule has 0 amide bonds. The molecule has 5 fully saturated rings. The third-order valence-corrected chi connectivity index (χ3v) is 13.4. The second kappa shape index (κ2) is 7.01. The Morgan fingerprint density at radius 2 is 1.12 bits per heavy atom. The molecule has 0 radical (unpaired) electrons. The minimum absolute atomic E-state index is 0.00645. The number of aliphatic hydroxyl groups is 1. The molecular weight excluding hydrogens is 408 g/mol. The lowest BCUT2D eigenvalue weighted by molar-refractivity contribution is -0.248. The van der Waals surface area contributed by atoms with Crippen LogP contribution in [-0.2, 0) is 4.79 Å². The van der Waals surface area contributed by atoms with E-state index in [1.54, 1.807) is 0 Å². The van der Waals surface area contributed by atoms with Gasteiger partial charge < -0.3 is 10.2 Å². The summed E-state index contributed by atoms with van der Waals surface area (Å²) < 4.78 is 0. The van der Waals surface area contributed by atoms with Crippen molar-refractivity contribution in [2.24, 2.45) is 56.2 Å². The lowest BCUT2D eigenvalue weighted by Crippen LogP contribution is -2.67. The van der Waals surface area contributed by atoms with Gasteiger partial charge in [-0.2, -0.15) is 0 Å². The van der Waals surface area contributed by atoms with Crippen molar-refractivity contribution >= 4 is 5.97 Å². The standard InChI is InChI=1S/C30H50O3/c1-25(2)16-17-30(24(32)33)15-10-21-28(6)12-8-19-26(3,4)23(31)11-14-27(19,5)20(28)9-13-29(21,7)22(30)18-25/h19-23,31H,8-18H2,1-7H3,(H,32,33). The average Bonchev–Trinajstić information content (AvgIpc) is 2.70. The first-order valence-corrected chi connectivity index (χ1v) is 14.1. The highest BCUT2D eigenvalue weighted by atomic mass is 16.4. The fraction of sp³-hybridized carbons (Fsp3) is 0.967. The molecule has 0 aliphatic heterocycles. The third kappa shape index (κ3) is 2.99. The van der Waals surface area contributed by atoms with E-state index >= 15 is 0 Å². The normalized spacial score (nSPS) is 54.8. The van der Waals surface area contributed by atoms with Crippen LogP contribution in [0.15, 0.2) is 0 Å². The Morgan fingerprint density at radius 3 is 1.73 bits per heavy atom. The van der Waals surface area contributed by atoms with Gasteiger partial charge in [-0.05, 0) is 121 Å². The van der Waals surface area contributed by atoms with Crippen molar-refractivity contribution in [1.29, 1.82) is 0 Å². The first-order chi connectivity index (χ1) is 15.1. The van der Waals surface area contributed by atoms with Crippen molar-refractivity contribution < 1.29 is 15.0 Å². The fourth-order valence-corrected chi connectivity index (χ4v) is 11.6. The van der Waals surface area contributed by atoms with Gasteiger partial charge >= 0.3 is 5.97 Å². The van der Waals surface area contributed by atoms with Crippen molar-refractivity contribution in [3.05, 3.63) is 0 Å². The minimum Gasteiger partial charge on any atom is -0.481 e. The highest BCUT2D eigenvalue weighted by molar-refractivity contribution is 5.75. The van der Waals surface area contributed by atoms with Crippen molar-refractivity contribution in [3.8, 4) is 0 Å². The van der Waals surface area contributed by atoms with Gasteiger partial charge in [-0.25, -0.2) is 0 Å². The minimum atomic E-state index is -0.506. The van der Waals surface area contributed by atoms with E-state index in [9.17, 15) is 15.0 Å². The van der Waals surface area contributed by atoms with Gasteiger partial charge in [0, 0.05) is 0 Å². The molecule has 0 saturated heterocycles. The summed E-state index contributed by atoms with van der Waals surface area (Å²) in [6.45, 7) is 17.1. The van der Waals surface area contributed by atoms with E-state index < -0.39 is 11.4 Å². The van der Waals surface area contributed by atoms with E-state index in [2.05, 4.69) is 48.5 Å². The SMILES string of the molecule is CC1(C)CCC2(C(=O)O)CCC3C(C)(CCC4C5(C)CCC(O)C(C)(C)C5CCC34C)C2C1. The third-order valence-electron chi connectivity index (χ3n) is 13.4. The van der Waals surface area contributed by atoms with Crippen LogP contribution in [-0.4, -0.2) is 22.3 Å². The zero-order chi connectivity index (χ0) is 24.2. The van der Waals surface area contributed by atoms with Crippen molar-refractivity contribution in [2.75, 3.05) is 0 Å². The Hall–Kier alpha value is -0.570. The Balaban J connectivity index is 1.54. The summed E-state index contributed by atoms with van der Waals surface area (Å²) in [5, 5.41) is 21.4. The van der Waals surface area contributed by atoms with Crippen molar-refractivity contribution in [1.82, 2.24) is 0 Å². The monoisotopic (exact) mass is 458 g/mol. The lowest BCUT2D eigenvalue weighted by Gasteiger charge is -2.72. The zero-order valence-electron chi connectivity index (χ0n) is 22.5. The number of aliphatic carboxylic acids is 1.